The van der Waals surface area contributed by atoms with E-state index in [-0.39, 0.29) is 5.69 Å². The largest absolute Gasteiger partial charge is 0.465 e. The fourth-order valence-corrected chi connectivity index (χ4v) is 3.25. The van der Waals surface area contributed by atoms with E-state index in [4.69, 9.17) is 0 Å². The summed E-state index contributed by atoms with van der Waals surface area (Å²) in [5.74, 6) is -2.64. The van der Waals surface area contributed by atoms with E-state index >= 15 is 0 Å². The van der Waals surface area contributed by atoms with Gasteiger partial charge in [-0.25, -0.2) is 14.0 Å². The molecule has 0 saturated carbocycles. The molecule has 25 heavy (non-hydrogen) atoms. The highest BCUT2D eigenvalue weighted by Gasteiger charge is 2.35. The predicted molar refractivity (Wildman–Crippen MR) is 83.3 cm³/mol. The van der Waals surface area contributed by atoms with Crippen molar-refractivity contribution in [3.05, 3.63) is 41.3 Å². The second-order valence-electron chi connectivity index (χ2n) is 4.71. The van der Waals surface area contributed by atoms with Crippen LogP contribution in [0.15, 0.2) is 29.3 Å². The maximum absolute atomic E-state index is 13.0. The number of benzene rings is 1. The van der Waals surface area contributed by atoms with Crippen LogP contribution in [-0.2, 0) is 19.5 Å². The Hall–Kier alpha value is -2.95. The van der Waals surface area contributed by atoms with Crippen molar-refractivity contribution in [3.63, 3.8) is 0 Å². The van der Waals surface area contributed by atoms with Gasteiger partial charge in [0, 0.05) is 7.05 Å². The molecule has 134 valence electrons. The Morgan fingerprint density at radius 3 is 2.20 bits per heavy atom. The van der Waals surface area contributed by atoms with Crippen LogP contribution in [0.1, 0.15) is 20.8 Å². The molecule has 0 radical (unpaired) electrons. The SMILES string of the molecule is COC(=O)c1n[nH]c(S(=O)(=O)N(C)c2ccc(F)cc2)c1C(=O)OC. The topological polar surface area (TPSA) is 119 Å². The van der Waals surface area contributed by atoms with Gasteiger partial charge in [-0.3, -0.25) is 9.40 Å². The Labute approximate surface area is 142 Å². The molecule has 1 N–H and O–H groups in total. The van der Waals surface area contributed by atoms with Crippen LogP contribution >= 0.6 is 0 Å². The molecule has 0 unspecified atom stereocenters. The fraction of sp³-hybridized carbons (Fsp3) is 0.214. The van der Waals surface area contributed by atoms with E-state index in [0.29, 0.717) is 0 Å². The molecule has 9 nitrogen and oxygen atoms in total. The number of methoxy groups -OCH3 is 2. The second kappa shape index (κ2) is 6.89. The number of sulfonamides is 1. The number of halogens is 1. The lowest BCUT2D eigenvalue weighted by atomic mass is 10.2. The Kier molecular flexibility index (Phi) is 5.07. The molecule has 1 aromatic heterocycles. The minimum Gasteiger partial charge on any atom is -0.465 e. The highest BCUT2D eigenvalue weighted by molar-refractivity contribution is 7.92. The maximum Gasteiger partial charge on any atom is 0.359 e. The Bertz CT molecular complexity index is 907. The summed E-state index contributed by atoms with van der Waals surface area (Å²) in [4.78, 5) is 23.7. The van der Waals surface area contributed by atoms with Crippen molar-refractivity contribution >= 4 is 27.6 Å². The molecule has 2 aromatic rings. The molecule has 0 fully saturated rings. The quantitative estimate of drug-likeness (QED) is 0.777. The number of nitrogens with zero attached hydrogens (tertiary/aromatic N) is 2. The van der Waals surface area contributed by atoms with Crippen molar-refractivity contribution in [2.75, 3.05) is 25.6 Å². The van der Waals surface area contributed by atoms with Gasteiger partial charge in [-0.15, -0.1) is 0 Å². The standard InChI is InChI=1S/C14H14FN3O6S/c1-18(9-6-4-8(15)5-7-9)25(21,22)12-10(13(19)23-2)11(16-17-12)14(20)24-3/h4-7H,1-3H3,(H,16,17). The number of aromatic amines is 1. The van der Waals surface area contributed by atoms with Gasteiger partial charge < -0.3 is 9.47 Å². The van der Waals surface area contributed by atoms with Crippen LogP contribution in [-0.4, -0.2) is 51.8 Å². The molecule has 0 bridgehead atoms. The molecule has 0 aliphatic carbocycles. The van der Waals surface area contributed by atoms with Gasteiger partial charge in [0.1, 0.15) is 11.4 Å². The average molecular weight is 371 g/mol. The summed E-state index contributed by atoms with van der Waals surface area (Å²) in [5.41, 5.74) is -0.977. The van der Waals surface area contributed by atoms with E-state index in [0.717, 1.165) is 30.7 Å². The van der Waals surface area contributed by atoms with Crippen molar-refractivity contribution in [3.8, 4) is 0 Å². The molecule has 2 rings (SSSR count). The number of aromatic nitrogens is 2. The van der Waals surface area contributed by atoms with E-state index in [9.17, 15) is 22.4 Å². The number of anilines is 1. The minimum atomic E-state index is -4.33. The molecule has 11 heteroatoms. The second-order valence-corrected chi connectivity index (χ2v) is 6.61. The molecular weight excluding hydrogens is 357 g/mol. The monoisotopic (exact) mass is 371 g/mol. The Morgan fingerprint density at radius 2 is 1.68 bits per heavy atom. The van der Waals surface area contributed by atoms with E-state index in [1.54, 1.807) is 0 Å². The predicted octanol–water partition coefficient (Wildman–Crippen LogP) is 0.947. The first-order valence-corrected chi connectivity index (χ1v) is 8.17. The molecule has 0 aliphatic rings. The fourth-order valence-electron chi connectivity index (χ4n) is 1.98. The highest BCUT2D eigenvalue weighted by Crippen LogP contribution is 2.25. The minimum absolute atomic E-state index is 0.131. The van der Waals surface area contributed by atoms with Crippen LogP contribution < -0.4 is 4.31 Å². The number of ether oxygens (including phenoxy) is 2. The van der Waals surface area contributed by atoms with Crippen molar-refractivity contribution in [2.45, 2.75) is 5.03 Å². The molecule has 1 aromatic carbocycles. The average Bonchev–Trinajstić information content (AvgIpc) is 3.06. The van der Waals surface area contributed by atoms with Crippen LogP contribution in [0, 0.1) is 5.82 Å². The van der Waals surface area contributed by atoms with Gasteiger partial charge in [0.05, 0.1) is 19.9 Å². The van der Waals surface area contributed by atoms with Crippen molar-refractivity contribution in [1.29, 1.82) is 0 Å². The first kappa shape index (κ1) is 18.4. The lowest BCUT2D eigenvalue weighted by Gasteiger charge is -2.18. The maximum atomic E-state index is 13.0. The van der Waals surface area contributed by atoms with Gasteiger partial charge in [0.15, 0.2) is 10.7 Å². The van der Waals surface area contributed by atoms with Crippen LogP contribution in [0.3, 0.4) is 0 Å². The van der Waals surface area contributed by atoms with E-state index in [1.165, 1.54) is 19.2 Å². The number of carbonyl (C=O) groups is 2. The van der Waals surface area contributed by atoms with Gasteiger partial charge in [0.2, 0.25) is 0 Å². The first-order valence-electron chi connectivity index (χ1n) is 6.73. The zero-order chi connectivity index (χ0) is 18.8. The number of hydrogen-bond acceptors (Lipinski definition) is 7. The number of esters is 2. The summed E-state index contributed by atoms with van der Waals surface area (Å²) in [7, 11) is -1.05. The first-order chi connectivity index (χ1) is 11.7. The summed E-state index contributed by atoms with van der Waals surface area (Å²) >= 11 is 0. The molecule has 1 heterocycles. The molecule has 0 amide bonds. The molecular formula is C14H14FN3O6S. The van der Waals surface area contributed by atoms with Gasteiger partial charge in [-0.1, -0.05) is 0 Å². The highest BCUT2D eigenvalue weighted by atomic mass is 32.2. The van der Waals surface area contributed by atoms with Crippen molar-refractivity contribution in [1.82, 2.24) is 10.2 Å². The number of nitrogens with one attached hydrogen (secondary N) is 1. The zero-order valence-corrected chi connectivity index (χ0v) is 14.3. The number of H-pyrrole nitrogens is 1. The van der Waals surface area contributed by atoms with E-state index < -0.39 is 44.1 Å². The smallest absolute Gasteiger partial charge is 0.359 e. The van der Waals surface area contributed by atoms with Gasteiger partial charge >= 0.3 is 11.9 Å². The third kappa shape index (κ3) is 3.31. The van der Waals surface area contributed by atoms with Crippen LogP contribution in [0.25, 0.3) is 0 Å². The number of hydrogen-bond donors (Lipinski definition) is 1. The van der Waals surface area contributed by atoms with Crippen LogP contribution in [0.4, 0.5) is 10.1 Å². The number of carbonyl (C=O) groups excluding carboxylic acids is 2. The summed E-state index contributed by atoms with van der Waals surface area (Å²) in [5, 5.41) is 5.05. The van der Waals surface area contributed by atoms with Crippen molar-refractivity contribution in [2.24, 2.45) is 0 Å². The summed E-state index contributed by atoms with van der Waals surface area (Å²) in [6.45, 7) is 0. The lowest BCUT2D eigenvalue weighted by Crippen LogP contribution is -2.28. The molecule has 0 atom stereocenters. The van der Waals surface area contributed by atoms with Crippen molar-refractivity contribution < 1.29 is 31.9 Å². The molecule has 0 aliphatic heterocycles. The molecule has 0 saturated heterocycles. The molecule has 0 spiro atoms. The number of rotatable bonds is 5. The van der Waals surface area contributed by atoms with Crippen LogP contribution in [0.2, 0.25) is 0 Å². The van der Waals surface area contributed by atoms with E-state index in [2.05, 4.69) is 19.7 Å². The van der Waals surface area contributed by atoms with Gasteiger partial charge in [-0.05, 0) is 24.3 Å². The third-order valence-corrected chi connectivity index (χ3v) is 5.05. The Morgan fingerprint density at radius 1 is 1.12 bits per heavy atom. The van der Waals surface area contributed by atoms with Gasteiger partial charge in [-0.2, -0.15) is 13.5 Å². The van der Waals surface area contributed by atoms with Crippen LogP contribution in [0.5, 0.6) is 0 Å². The normalized spacial score (nSPS) is 11.0. The third-order valence-electron chi connectivity index (χ3n) is 3.31. The zero-order valence-electron chi connectivity index (χ0n) is 13.4. The summed E-state index contributed by atoms with van der Waals surface area (Å²) in [6, 6.07) is 4.63. The lowest BCUT2D eigenvalue weighted by molar-refractivity contribution is 0.0549. The Balaban J connectivity index is 2.59. The van der Waals surface area contributed by atoms with E-state index in [1.807, 2.05) is 0 Å². The van der Waals surface area contributed by atoms with Gasteiger partial charge in [0.25, 0.3) is 10.0 Å². The summed E-state index contributed by atoms with van der Waals surface area (Å²) < 4.78 is 48.4. The summed E-state index contributed by atoms with van der Waals surface area (Å²) in [6.07, 6.45) is 0.